The number of carbonyl (C=O) groups is 2. The minimum atomic E-state index is -4.45. The van der Waals surface area contributed by atoms with Crippen LogP contribution in [-0.2, 0) is 27.1 Å². The number of benzene rings is 2. The Balaban J connectivity index is 1.47. The van der Waals surface area contributed by atoms with E-state index in [1.165, 1.54) is 41.4 Å². The van der Waals surface area contributed by atoms with Gasteiger partial charge in [-0.2, -0.15) is 13.2 Å². The van der Waals surface area contributed by atoms with Crippen LogP contribution in [0.15, 0.2) is 77.8 Å². The van der Waals surface area contributed by atoms with Crippen LogP contribution in [-0.4, -0.2) is 41.8 Å². The number of sulfonamides is 1. The van der Waals surface area contributed by atoms with Crippen LogP contribution in [0.5, 0.6) is 0 Å². The monoisotopic (exact) mass is 550 g/mol. The average molecular weight is 551 g/mol. The fourth-order valence-electron chi connectivity index (χ4n) is 3.76. The second-order valence-electron chi connectivity index (χ2n) is 8.20. The van der Waals surface area contributed by atoms with Crippen LogP contribution in [0.3, 0.4) is 0 Å². The summed E-state index contributed by atoms with van der Waals surface area (Å²) in [4.78, 5) is 32.1. The number of alkyl halides is 3. The van der Waals surface area contributed by atoms with Crippen molar-refractivity contribution in [2.24, 2.45) is 0 Å². The van der Waals surface area contributed by atoms with Crippen LogP contribution < -0.4 is 9.62 Å². The highest BCUT2D eigenvalue weighted by atomic mass is 32.2. The van der Waals surface area contributed by atoms with E-state index in [9.17, 15) is 31.2 Å². The molecule has 1 fully saturated rings. The number of urea groups is 1. The number of thioether (sulfide) groups is 1. The molecule has 0 saturated carbocycles. The Morgan fingerprint density at radius 1 is 1.00 bits per heavy atom. The Morgan fingerprint density at radius 2 is 1.68 bits per heavy atom. The Morgan fingerprint density at radius 3 is 2.32 bits per heavy atom. The van der Waals surface area contributed by atoms with Gasteiger partial charge in [0.25, 0.3) is 5.91 Å². The molecule has 0 radical (unpaired) electrons. The molecule has 8 nitrogen and oxygen atoms in total. The van der Waals surface area contributed by atoms with E-state index >= 15 is 0 Å². The molecule has 3 aromatic rings. The summed E-state index contributed by atoms with van der Waals surface area (Å²) in [6.07, 6.45) is 1.39. The molecule has 194 valence electrons. The number of anilines is 2. The van der Waals surface area contributed by atoms with Gasteiger partial charge in [-0.05, 0) is 66.2 Å². The number of nitrogens with one attached hydrogen (secondary N) is 1. The van der Waals surface area contributed by atoms with Crippen molar-refractivity contribution in [2.75, 3.05) is 9.62 Å². The highest BCUT2D eigenvalue weighted by Gasteiger charge is 2.43. The van der Waals surface area contributed by atoms with Crippen LogP contribution in [0.25, 0.3) is 0 Å². The minimum Gasteiger partial charge on any atom is -0.308 e. The van der Waals surface area contributed by atoms with Gasteiger partial charge < -0.3 is 4.90 Å². The summed E-state index contributed by atoms with van der Waals surface area (Å²) in [5.41, 5.74) is -3.17. The van der Waals surface area contributed by atoms with Gasteiger partial charge in [0.15, 0.2) is 0 Å². The van der Waals surface area contributed by atoms with Gasteiger partial charge in [0.1, 0.15) is 11.9 Å². The molecule has 1 atom stereocenters. The molecular formula is C24H21F3N4O4S2. The van der Waals surface area contributed by atoms with Gasteiger partial charge in [0, 0.05) is 17.6 Å². The SMILES string of the molecule is CC1C(=O)N(c2ccc(SC(F)(F)F)cc2)C(=O)N1Cc1ccnc(NS(=O)(=O)Cc2ccccc2)c1. The maximum atomic E-state index is 13.1. The molecule has 1 N–H and O–H groups in total. The van der Waals surface area contributed by atoms with Gasteiger partial charge in [-0.25, -0.2) is 23.1 Å². The molecule has 1 aliphatic heterocycles. The van der Waals surface area contributed by atoms with Gasteiger partial charge in [-0.1, -0.05) is 30.3 Å². The van der Waals surface area contributed by atoms with E-state index in [0.29, 0.717) is 11.1 Å². The zero-order valence-electron chi connectivity index (χ0n) is 19.3. The van der Waals surface area contributed by atoms with E-state index in [1.54, 1.807) is 43.3 Å². The number of nitrogens with zero attached hydrogens (tertiary/aromatic N) is 3. The van der Waals surface area contributed by atoms with Crippen LogP contribution in [0.4, 0.5) is 29.5 Å². The molecule has 0 aliphatic carbocycles. The van der Waals surface area contributed by atoms with Gasteiger partial charge in [-0.3, -0.25) is 9.52 Å². The smallest absolute Gasteiger partial charge is 0.308 e. The number of halogens is 3. The molecule has 2 heterocycles. The first-order valence-corrected chi connectivity index (χ1v) is 13.4. The highest BCUT2D eigenvalue weighted by molar-refractivity contribution is 8.00. The fraction of sp³-hybridized carbons (Fsp3) is 0.208. The lowest BCUT2D eigenvalue weighted by Gasteiger charge is -2.20. The third kappa shape index (κ3) is 6.60. The normalized spacial score (nSPS) is 16.4. The van der Waals surface area contributed by atoms with Gasteiger partial charge in [0.05, 0.1) is 11.4 Å². The van der Waals surface area contributed by atoms with E-state index in [4.69, 9.17) is 0 Å². The lowest BCUT2D eigenvalue weighted by molar-refractivity contribution is -0.119. The second kappa shape index (κ2) is 10.4. The molecule has 1 saturated heterocycles. The Bertz CT molecular complexity index is 1400. The first kappa shape index (κ1) is 26.5. The van der Waals surface area contributed by atoms with Crippen molar-refractivity contribution in [3.05, 3.63) is 84.1 Å². The molecule has 1 aliphatic rings. The highest BCUT2D eigenvalue weighted by Crippen LogP contribution is 2.38. The maximum Gasteiger partial charge on any atom is 0.446 e. The van der Waals surface area contributed by atoms with Crippen molar-refractivity contribution < 1.29 is 31.2 Å². The summed E-state index contributed by atoms with van der Waals surface area (Å²) in [7, 11) is -3.75. The standard InChI is InChI=1S/C24H21F3N4O4S2/c1-16-22(32)31(19-7-9-20(10-8-19)36-24(25,26)27)23(33)30(16)14-18-11-12-28-21(13-18)29-37(34,35)15-17-5-3-2-4-6-17/h2-13,16H,14-15H2,1H3,(H,28,29). The lowest BCUT2D eigenvalue weighted by atomic mass is 10.2. The molecule has 0 spiro atoms. The van der Waals surface area contributed by atoms with E-state index in [2.05, 4.69) is 9.71 Å². The zero-order chi connectivity index (χ0) is 26.8. The summed E-state index contributed by atoms with van der Waals surface area (Å²) in [5, 5.41) is 0. The van der Waals surface area contributed by atoms with E-state index < -0.39 is 33.5 Å². The first-order valence-electron chi connectivity index (χ1n) is 10.9. The summed E-state index contributed by atoms with van der Waals surface area (Å²) in [6.45, 7) is 1.53. The van der Waals surface area contributed by atoms with Crippen molar-refractivity contribution in [3.8, 4) is 0 Å². The number of aromatic nitrogens is 1. The molecule has 37 heavy (non-hydrogen) atoms. The van der Waals surface area contributed by atoms with Gasteiger partial charge in [0.2, 0.25) is 10.0 Å². The molecule has 1 unspecified atom stereocenters. The van der Waals surface area contributed by atoms with Crippen LogP contribution in [0, 0.1) is 0 Å². The summed E-state index contributed by atoms with van der Waals surface area (Å²) >= 11 is -0.292. The average Bonchev–Trinajstić information content (AvgIpc) is 3.02. The van der Waals surface area contributed by atoms with Crippen LogP contribution >= 0.6 is 11.8 Å². The second-order valence-corrected chi connectivity index (χ2v) is 11.1. The van der Waals surface area contributed by atoms with E-state index in [-0.39, 0.29) is 40.5 Å². The van der Waals surface area contributed by atoms with Gasteiger partial charge >= 0.3 is 11.5 Å². The van der Waals surface area contributed by atoms with Crippen molar-refractivity contribution in [1.82, 2.24) is 9.88 Å². The topological polar surface area (TPSA) is 99.7 Å². The number of hydrogen-bond acceptors (Lipinski definition) is 6. The molecular weight excluding hydrogens is 529 g/mol. The zero-order valence-corrected chi connectivity index (χ0v) is 21.0. The third-order valence-corrected chi connectivity index (χ3v) is 7.42. The lowest BCUT2D eigenvalue weighted by Crippen LogP contribution is -2.33. The molecule has 3 amide bonds. The predicted octanol–water partition coefficient (Wildman–Crippen LogP) is 4.99. The number of hydrogen-bond donors (Lipinski definition) is 1. The maximum absolute atomic E-state index is 13.1. The number of carbonyl (C=O) groups excluding carboxylic acids is 2. The van der Waals surface area contributed by atoms with E-state index in [0.717, 1.165) is 4.90 Å². The molecule has 13 heteroatoms. The predicted molar refractivity (Wildman–Crippen MR) is 133 cm³/mol. The Kier molecular flexibility index (Phi) is 7.46. The van der Waals surface area contributed by atoms with Crippen molar-refractivity contribution in [2.45, 2.75) is 35.7 Å². The van der Waals surface area contributed by atoms with Crippen LogP contribution in [0.1, 0.15) is 18.1 Å². The van der Waals surface area contributed by atoms with Crippen molar-refractivity contribution in [1.29, 1.82) is 0 Å². The molecule has 2 aromatic carbocycles. The number of imide groups is 1. The quantitative estimate of drug-likeness (QED) is 0.313. The van der Waals surface area contributed by atoms with Gasteiger partial charge in [-0.15, -0.1) is 0 Å². The van der Waals surface area contributed by atoms with Crippen molar-refractivity contribution in [3.63, 3.8) is 0 Å². The largest absolute Gasteiger partial charge is 0.446 e. The summed E-state index contributed by atoms with van der Waals surface area (Å²) < 4.78 is 65.3. The summed E-state index contributed by atoms with van der Waals surface area (Å²) in [5.74, 6) is -0.710. The van der Waals surface area contributed by atoms with Crippen LogP contribution in [0.2, 0.25) is 0 Å². The minimum absolute atomic E-state index is 0.0137. The Labute approximate surface area is 215 Å². The third-order valence-electron chi connectivity index (χ3n) is 5.45. The molecule has 0 bridgehead atoms. The van der Waals surface area contributed by atoms with E-state index in [1.807, 2.05) is 0 Å². The first-order chi connectivity index (χ1) is 17.4. The van der Waals surface area contributed by atoms with Crippen molar-refractivity contribution >= 4 is 45.2 Å². The number of rotatable bonds is 8. The number of amides is 3. The number of pyridine rings is 1. The fourth-order valence-corrected chi connectivity index (χ4v) is 5.44. The Hall–Kier alpha value is -3.58. The summed E-state index contributed by atoms with van der Waals surface area (Å²) in [6, 6.07) is 15.2. The molecule has 1 aromatic heterocycles. The molecule has 4 rings (SSSR count).